The fourth-order valence-corrected chi connectivity index (χ4v) is 1.13. The molecule has 1 heterocycles. The van der Waals surface area contributed by atoms with Crippen LogP contribution in [0.5, 0.6) is 0 Å². The molecule has 0 radical (unpaired) electrons. The maximum atomic E-state index is 11.2. The van der Waals surface area contributed by atoms with Crippen LogP contribution in [0, 0.1) is 6.92 Å². The van der Waals surface area contributed by atoms with Gasteiger partial charge in [-0.3, -0.25) is 4.79 Å². The minimum Gasteiger partial charge on any atom is -0.477 e. The van der Waals surface area contributed by atoms with Gasteiger partial charge in [-0.25, -0.2) is 4.79 Å². The van der Waals surface area contributed by atoms with Crippen molar-refractivity contribution in [2.24, 2.45) is 0 Å². The van der Waals surface area contributed by atoms with Crippen LogP contribution < -0.4 is 5.43 Å². The van der Waals surface area contributed by atoms with Gasteiger partial charge >= 0.3 is 5.97 Å². The van der Waals surface area contributed by atoms with Crippen LogP contribution >= 0.6 is 0 Å². The Morgan fingerprint density at radius 2 is 2.21 bits per heavy atom. The number of hydrogen-bond donors (Lipinski definition) is 1. The Kier molecular flexibility index (Phi) is 2.86. The number of rotatable bonds is 2. The Morgan fingerprint density at radius 3 is 2.71 bits per heavy atom. The lowest BCUT2D eigenvalue weighted by atomic mass is 10.2. The first-order valence-corrected chi connectivity index (χ1v) is 4.15. The summed E-state index contributed by atoms with van der Waals surface area (Å²) >= 11 is 0. The molecule has 1 aromatic rings. The summed E-state index contributed by atoms with van der Waals surface area (Å²) in [6.07, 6.45) is 4.78. The van der Waals surface area contributed by atoms with Crippen molar-refractivity contribution >= 4 is 12.2 Å². The Balaban J connectivity index is 3.42. The molecule has 1 N–H and O–H groups in total. The SMILES string of the molecule is C/C=C\n1cc(C(=O)O)c(=O)cc1C. The number of pyridine rings is 1. The smallest absolute Gasteiger partial charge is 0.341 e. The third-order valence-electron chi connectivity index (χ3n) is 1.82. The second-order valence-corrected chi connectivity index (χ2v) is 2.89. The molecule has 0 fully saturated rings. The van der Waals surface area contributed by atoms with E-state index in [1.807, 2.05) is 6.92 Å². The van der Waals surface area contributed by atoms with Gasteiger partial charge in [-0.1, -0.05) is 6.08 Å². The van der Waals surface area contributed by atoms with Crippen molar-refractivity contribution in [3.8, 4) is 0 Å². The first kappa shape index (κ1) is 10.2. The summed E-state index contributed by atoms with van der Waals surface area (Å²) in [4.78, 5) is 21.9. The normalized spacial score (nSPS) is 10.7. The van der Waals surface area contributed by atoms with Crippen molar-refractivity contribution in [2.75, 3.05) is 0 Å². The van der Waals surface area contributed by atoms with Gasteiger partial charge in [-0.05, 0) is 13.8 Å². The van der Waals surface area contributed by atoms with Crippen LogP contribution in [0.25, 0.3) is 6.20 Å². The highest BCUT2D eigenvalue weighted by atomic mass is 16.4. The van der Waals surface area contributed by atoms with Gasteiger partial charge in [0.2, 0.25) is 0 Å². The van der Waals surface area contributed by atoms with E-state index in [0.29, 0.717) is 5.69 Å². The highest BCUT2D eigenvalue weighted by Crippen LogP contribution is 2.00. The molecule has 1 aromatic heterocycles. The predicted octanol–water partition coefficient (Wildman–Crippen LogP) is 1.35. The Bertz CT molecular complexity index is 443. The zero-order valence-electron chi connectivity index (χ0n) is 8.02. The highest BCUT2D eigenvalue weighted by molar-refractivity contribution is 5.87. The van der Waals surface area contributed by atoms with Crippen molar-refractivity contribution in [1.29, 1.82) is 0 Å². The molecule has 1 rings (SSSR count). The summed E-state index contributed by atoms with van der Waals surface area (Å²) < 4.78 is 1.60. The van der Waals surface area contributed by atoms with Crippen LogP contribution in [0.4, 0.5) is 0 Å². The molecule has 14 heavy (non-hydrogen) atoms. The fraction of sp³-hybridized carbons (Fsp3) is 0.200. The van der Waals surface area contributed by atoms with Crippen LogP contribution in [0.3, 0.4) is 0 Å². The Morgan fingerprint density at radius 1 is 1.57 bits per heavy atom. The average Bonchev–Trinajstić information content (AvgIpc) is 2.09. The van der Waals surface area contributed by atoms with Crippen LogP contribution in [0.2, 0.25) is 0 Å². The van der Waals surface area contributed by atoms with E-state index in [4.69, 9.17) is 5.11 Å². The van der Waals surface area contributed by atoms with Gasteiger partial charge < -0.3 is 9.67 Å². The topological polar surface area (TPSA) is 59.3 Å². The summed E-state index contributed by atoms with van der Waals surface area (Å²) in [6, 6.07) is 1.31. The minimum absolute atomic E-state index is 0.214. The van der Waals surface area contributed by atoms with Crippen molar-refractivity contribution in [1.82, 2.24) is 4.57 Å². The molecule has 4 nitrogen and oxygen atoms in total. The molecule has 0 amide bonds. The number of aryl methyl sites for hydroxylation is 1. The van der Waals surface area contributed by atoms with Crippen LogP contribution in [-0.2, 0) is 0 Å². The molecular formula is C10H11NO3. The summed E-state index contributed by atoms with van der Waals surface area (Å²) in [5, 5.41) is 8.71. The lowest BCUT2D eigenvalue weighted by molar-refractivity contribution is 0.0695. The van der Waals surface area contributed by atoms with Gasteiger partial charge in [-0.2, -0.15) is 0 Å². The molecular weight excluding hydrogens is 182 g/mol. The maximum Gasteiger partial charge on any atom is 0.341 e. The molecule has 0 unspecified atom stereocenters. The molecule has 74 valence electrons. The number of aromatic carboxylic acids is 1. The molecule has 0 aliphatic rings. The van der Waals surface area contributed by atoms with Crippen molar-refractivity contribution in [3.05, 3.63) is 39.8 Å². The van der Waals surface area contributed by atoms with E-state index < -0.39 is 11.4 Å². The molecule has 0 saturated carbocycles. The van der Waals surface area contributed by atoms with Crippen LogP contribution in [0.15, 0.2) is 23.1 Å². The Labute approximate surface area is 81.1 Å². The van der Waals surface area contributed by atoms with Gasteiger partial charge in [0.15, 0.2) is 5.43 Å². The molecule has 0 saturated heterocycles. The van der Waals surface area contributed by atoms with Crippen molar-refractivity contribution in [3.63, 3.8) is 0 Å². The maximum absolute atomic E-state index is 11.2. The number of carbonyl (C=O) groups is 1. The van der Waals surface area contributed by atoms with E-state index in [2.05, 4.69) is 0 Å². The third kappa shape index (κ3) is 1.90. The average molecular weight is 193 g/mol. The summed E-state index contributed by atoms with van der Waals surface area (Å²) in [6.45, 7) is 3.56. The number of allylic oxidation sites excluding steroid dienone is 1. The fourth-order valence-electron chi connectivity index (χ4n) is 1.13. The van der Waals surface area contributed by atoms with Gasteiger partial charge in [0, 0.05) is 24.2 Å². The Hall–Kier alpha value is -1.84. The number of aromatic nitrogens is 1. The first-order valence-electron chi connectivity index (χ1n) is 4.15. The lowest BCUT2D eigenvalue weighted by Gasteiger charge is -2.05. The standard InChI is InChI=1S/C10H11NO3/c1-3-4-11-6-8(10(13)14)9(12)5-7(11)2/h3-6H,1-2H3,(H,13,14)/b4-3-. The molecule has 4 heteroatoms. The second kappa shape index (κ2) is 3.91. The van der Waals surface area contributed by atoms with E-state index >= 15 is 0 Å². The molecule has 0 bridgehead atoms. The van der Waals surface area contributed by atoms with E-state index in [0.717, 1.165) is 0 Å². The highest BCUT2D eigenvalue weighted by Gasteiger charge is 2.09. The predicted molar refractivity (Wildman–Crippen MR) is 53.4 cm³/mol. The first-order chi connectivity index (χ1) is 6.56. The lowest BCUT2D eigenvalue weighted by Crippen LogP contribution is -2.17. The number of nitrogens with zero attached hydrogens (tertiary/aromatic N) is 1. The van der Waals surface area contributed by atoms with E-state index in [9.17, 15) is 9.59 Å². The number of carboxylic acids is 1. The zero-order valence-corrected chi connectivity index (χ0v) is 8.02. The molecule has 0 spiro atoms. The van der Waals surface area contributed by atoms with Gasteiger partial charge in [-0.15, -0.1) is 0 Å². The summed E-state index contributed by atoms with van der Waals surface area (Å²) in [7, 11) is 0. The van der Waals surface area contributed by atoms with Crippen LogP contribution in [-0.4, -0.2) is 15.6 Å². The molecule has 0 aliphatic heterocycles. The quantitative estimate of drug-likeness (QED) is 0.771. The summed E-state index contributed by atoms with van der Waals surface area (Å²) in [5.74, 6) is -1.20. The third-order valence-corrected chi connectivity index (χ3v) is 1.82. The van der Waals surface area contributed by atoms with Gasteiger partial charge in [0.25, 0.3) is 0 Å². The molecule has 0 aliphatic carbocycles. The van der Waals surface area contributed by atoms with E-state index in [1.54, 1.807) is 23.8 Å². The van der Waals surface area contributed by atoms with Gasteiger partial charge in [0.1, 0.15) is 5.56 Å². The largest absolute Gasteiger partial charge is 0.477 e. The summed E-state index contributed by atoms with van der Waals surface area (Å²) in [5.41, 5.74) is 0.0301. The minimum atomic E-state index is -1.20. The molecule has 0 atom stereocenters. The van der Waals surface area contributed by atoms with E-state index in [1.165, 1.54) is 12.3 Å². The van der Waals surface area contributed by atoms with Gasteiger partial charge in [0.05, 0.1) is 0 Å². The van der Waals surface area contributed by atoms with E-state index in [-0.39, 0.29) is 5.56 Å². The zero-order chi connectivity index (χ0) is 10.7. The number of carboxylic acid groups (broad SMARTS) is 1. The monoisotopic (exact) mass is 193 g/mol. The molecule has 0 aromatic carbocycles. The second-order valence-electron chi connectivity index (χ2n) is 2.89. The number of hydrogen-bond acceptors (Lipinski definition) is 2. The van der Waals surface area contributed by atoms with Crippen LogP contribution in [0.1, 0.15) is 23.0 Å². The van der Waals surface area contributed by atoms with Crippen molar-refractivity contribution < 1.29 is 9.90 Å². The van der Waals surface area contributed by atoms with Crippen molar-refractivity contribution in [2.45, 2.75) is 13.8 Å².